The van der Waals surface area contributed by atoms with Crippen LogP contribution in [0, 0.1) is 5.92 Å². The zero-order valence-corrected chi connectivity index (χ0v) is 9.56. The van der Waals surface area contributed by atoms with E-state index in [2.05, 4.69) is 10.4 Å². The Morgan fingerprint density at radius 3 is 2.71 bits per heavy atom. The van der Waals surface area contributed by atoms with Crippen molar-refractivity contribution >= 4 is 16.7 Å². The molecule has 0 atom stereocenters. The molecular formula is C13H15N3O. The van der Waals surface area contributed by atoms with Gasteiger partial charge in [0.05, 0.1) is 0 Å². The van der Waals surface area contributed by atoms with Crippen molar-refractivity contribution in [1.82, 2.24) is 9.94 Å². The normalized spacial score (nSPS) is 30.5. The Morgan fingerprint density at radius 2 is 2.06 bits per heavy atom. The van der Waals surface area contributed by atoms with Crippen molar-refractivity contribution in [1.29, 1.82) is 0 Å². The molecule has 88 valence electrons. The van der Waals surface area contributed by atoms with E-state index in [0.717, 1.165) is 27.5 Å². The van der Waals surface area contributed by atoms with Crippen LogP contribution in [-0.4, -0.2) is 20.7 Å². The molecule has 0 bridgehead atoms. The minimum absolute atomic E-state index is 0.289. The van der Waals surface area contributed by atoms with E-state index in [1.54, 1.807) is 0 Å². The summed E-state index contributed by atoms with van der Waals surface area (Å²) in [4.78, 5) is 0.973. The molecular weight excluding hydrogens is 214 g/mol. The molecule has 0 amide bonds. The highest BCUT2D eigenvalue weighted by atomic mass is 16.5. The van der Waals surface area contributed by atoms with Crippen LogP contribution < -0.4 is 5.32 Å². The lowest BCUT2D eigenvalue weighted by atomic mass is 9.53. The van der Waals surface area contributed by atoms with Gasteiger partial charge < -0.3 is 10.5 Å². The number of para-hydroxylation sites is 1. The average molecular weight is 229 g/mol. The number of aromatic nitrogens is 2. The number of anilines is 1. The molecule has 2 N–H and O–H groups in total. The van der Waals surface area contributed by atoms with Crippen LogP contribution in [0.5, 0.6) is 0 Å². The summed E-state index contributed by atoms with van der Waals surface area (Å²) in [6.45, 7) is 0. The summed E-state index contributed by atoms with van der Waals surface area (Å²) in [6.07, 6.45) is 5.16. The van der Waals surface area contributed by atoms with E-state index < -0.39 is 0 Å². The van der Waals surface area contributed by atoms with E-state index in [-0.39, 0.29) is 5.54 Å². The maximum Gasteiger partial charge on any atom is 0.160 e. The number of benzene rings is 1. The van der Waals surface area contributed by atoms with Crippen molar-refractivity contribution in [2.24, 2.45) is 5.92 Å². The van der Waals surface area contributed by atoms with Crippen LogP contribution in [-0.2, 0) is 0 Å². The third-order valence-electron chi connectivity index (χ3n) is 4.60. The zero-order valence-electron chi connectivity index (χ0n) is 9.56. The molecule has 0 radical (unpaired) electrons. The summed E-state index contributed by atoms with van der Waals surface area (Å²) in [6, 6.07) is 7.77. The van der Waals surface area contributed by atoms with Gasteiger partial charge >= 0.3 is 0 Å². The smallest absolute Gasteiger partial charge is 0.160 e. The van der Waals surface area contributed by atoms with Crippen LogP contribution in [0.2, 0.25) is 0 Å². The predicted octanol–water partition coefficient (Wildman–Crippen LogP) is 2.63. The summed E-state index contributed by atoms with van der Waals surface area (Å²) in [7, 11) is 0. The number of nitrogens with zero attached hydrogens (tertiary/aromatic N) is 2. The van der Waals surface area contributed by atoms with Crippen LogP contribution in [0.1, 0.15) is 25.7 Å². The van der Waals surface area contributed by atoms with Gasteiger partial charge in [-0.25, -0.2) is 0 Å². The monoisotopic (exact) mass is 229 g/mol. The first kappa shape index (κ1) is 9.33. The maximum absolute atomic E-state index is 9.73. The van der Waals surface area contributed by atoms with Gasteiger partial charge in [0.2, 0.25) is 0 Å². The highest BCUT2D eigenvalue weighted by Gasteiger charge is 2.53. The quantitative estimate of drug-likeness (QED) is 0.778. The van der Waals surface area contributed by atoms with Gasteiger partial charge in [-0.1, -0.05) is 17.0 Å². The Bertz CT molecular complexity index is 581. The number of nitrogens with one attached hydrogen (secondary N) is 1. The largest absolute Gasteiger partial charge is 0.411 e. The van der Waals surface area contributed by atoms with Gasteiger partial charge in [-0.2, -0.15) is 0 Å². The van der Waals surface area contributed by atoms with Crippen LogP contribution in [0.3, 0.4) is 0 Å². The third kappa shape index (κ3) is 1.10. The highest BCUT2D eigenvalue weighted by Crippen LogP contribution is 2.55. The van der Waals surface area contributed by atoms with Crippen LogP contribution in [0.25, 0.3) is 10.9 Å². The molecule has 2 aromatic rings. The number of fused-ring (bicyclic) bond motifs is 2. The van der Waals surface area contributed by atoms with Crippen molar-refractivity contribution in [3.63, 3.8) is 0 Å². The average Bonchev–Trinajstić information content (AvgIpc) is 2.65. The van der Waals surface area contributed by atoms with Crippen LogP contribution in [0.4, 0.5) is 5.82 Å². The molecule has 1 aromatic carbocycles. The molecule has 2 fully saturated rings. The molecule has 0 unspecified atom stereocenters. The molecule has 2 aliphatic rings. The standard InChI is InChI=1S/C13H15N3O/c17-16-11-4-2-1-3-10(11)12(15-16)14-13-7-5-9(13)6-8-13/h1-4,9,17H,5-8H2,(H,14,15). The fraction of sp³-hybridized carbons (Fsp3) is 0.462. The summed E-state index contributed by atoms with van der Waals surface area (Å²) in [5.41, 5.74) is 1.05. The maximum atomic E-state index is 9.73. The molecule has 4 nitrogen and oxygen atoms in total. The second-order valence-corrected chi connectivity index (χ2v) is 5.31. The molecule has 4 rings (SSSR count). The lowest BCUT2D eigenvalue weighted by Crippen LogP contribution is -2.60. The fourth-order valence-electron chi connectivity index (χ4n) is 3.27. The Labute approximate surface area is 99.2 Å². The molecule has 0 aliphatic heterocycles. The third-order valence-corrected chi connectivity index (χ3v) is 4.60. The van der Waals surface area contributed by atoms with Crippen molar-refractivity contribution in [3.8, 4) is 0 Å². The lowest BCUT2D eigenvalue weighted by Gasteiger charge is -2.59. The van der Waals surface area contributed by atoms with Crippen molar-refractivity contribution in [2.45, 2.75) is 31.2 Å². The van der Waals surface area contributed by atoms with Gasteiger partial charge in [0, 0.05) is 10.9 Å². The van der Waals surface area contributed by atoms with Gasteiger partial charge in [-0.3, -0.25) is 0 Å². The first-order valence-corrected chi connectivity index (χ1v) is 6.24. The molecule has 4 heteroatoms. The Balaban J connectivity index is 1.76. The summed E-state index contributed by atoms with van der Waals surface area (Å²) in [5.74, 6) is 1.65. The molecule has 2 aliphatic carbocycles. The highest BCUT2D eigenvalue weighted by molar-refractivity contribution is 5.90. The molecule has 0 spiro atoms. The van der Waals surface area contributed by atoms with E-state index in [1.807, 2.05) is 24.3 Å². The topological polar surface area (TPSA) is 50.1 Å². The van der Waals surface area contributed by atoms with Crippen molar-refractivity contribution < 1.29 is 5.21 Å². The van der Waals surface area contributed by atoms with Gasteiger partial charge in [-0.15, -0.1) is 5.10 Å². The molecule has 1 heterocycles. The Hall–Kier alpha value is -1.71. The van der Waals surface area contributed by atoms with E-state index in [0.29, 0.717) is 0 Å². The first-order chi connectivity index (χ1) is 8.28. The first-order valence-electron chi connectivity index (χ1n) is 6.24. The second kappa shape index (κ2) is 2.94. The SMILES string of the molecule is On1nc(NC23CCC2CC3)c2ccccc21. The predicted molar refractivity (Wildman–Crippen MR) is 65.2 cm³/mol. The van der Waals surface area contributed by atoms with Gasteiger partial charge in [0.15, 0.2) is 5.82 Å². The van der Waals surface area contributed by atoms with Crippen LogP contribution in [0.15, 0.2) is 24.3 Å². The van der Waals surface area contributed by atoms with Crippen molar-refractivity contribution in [3.05, 3.63) is 24.3 Å². The minimum Gasteiger partial charge on any atom is -0.411 e. The van der Waals surface area contributed by atoms with E-state index in [4.69, 9.17) is 0 Å². The summed E-state index contributed by atoms with van der Waals surface area (Å²) in [5, 5.41) is 18.5. The fourth-order valence-corrected chi connectivity index (χ4v) is 3.27. The molecule has 2 saturated carbocycles. The number of hydrogen-bond acceptors (Lipinski definition) is 3. The van der Waals surface area contributed by atoms with Gasteiger partial charge in [-0.05, 0) is 43.7 Å². The zero-order chi connectivity index (χ0) is 11.5. The van der Waals surface area contributed by atoms with E-state index in [1.165, 1.54) is 25.7 Å². The van der Waals surface area contributed by atoms with Crippen LogP contribution >= 0.6 is 0 Å². The summed E-state index contributed by atoms with van der Waals surface area (Å²) >= 11 is 0. The molecule has 1 aromatic heterocycles. The van der Waals surface area contributed by atoms with Crippen molar-refractivity contribution in [2.75, 3.05) is 5.32 Å². The Morgan fingerprint density at radius 1 is 1.29 bits per heavy atom. The summed E-state index contributed by atoms with van der Waals surface area (Å²) < 4.78 is 0. The lowest BCUT2D eigenvalue weighted by molar-refractivity contribution is 0.0349. The van der Waals surface area contributed by atoms with E-state index in [9.17, 15) is 5.21 Å². The number of rotatable bonds is 2. The van der Waals surface area contributed by atoms with Gasteiger partial charge in [0.1, 0.15) is 5.52 Å². The van der Waals surface area contributed by atoms with Gasteiger partial charge in [0.25, 0.3) is 0 Å². The molecule has 0 saturated heterocycles. The number of hydrogen-bond donors (Lipinski definition) is 2. The minimum atomic E-state index is 0.289. The Kier molecular flexibility index (Phi) is 1.62. The molecule has 17 heavy (non-hydrogen) atoms. The van der Waals surface area contributed by atoms with E-state index >= 15 is 0 Å². The second-order valence-electron chi connectivity index (χ2n) is 5.31.